The minimum atomic E-state index is -0.0402. The Kier molecular flexibility index (Phi) is 4.53. The lowest BCUT2D eigenvalue weighted by Crippen LogP contribution is -2.29. The van der Waals surface area contributed by atoms with Crippen LogP contribution in [0.3, 0.4) is 0 Å². The van der Waals surface area contributed by atoms with Crippen molar-refractivity contribution < 1.29 is 9.53 Å². The molecule has 19 heavy (non-hydrogen) atoms. The Morgan fingerprint density at radius 2 is 2.05 bits per heavy atom. The zero-order chi connectivity index (χ0) is 13.8. The van der Waals surface area contributed by atoms with Gasteiger partial charge >= 0.3 is 0 Å². The molecule has 0 atom stereocenters. The smallest absolute Gasteiger partial charge is 0.250 e. The Bertz CT molecular complexity index is 517. The number of Topliss-reactive ketones (excluding diaryl/α,β-unsaturated/α-hetero) is 1. The molecule has 0 bridgehead atoms. The highest BCUT2D eigenvalue weighted by molar-refractivity contribution is 5.97. The topological polar surface area (TPSA) is 48.3 Å². The van der Waals surface area contributed by atoms with E-state index in [1.54, 1.807) is 10.6 Å². The van der Waals surface area contributed by atoms with Crippen molar-refractivity contribution in [1.29, 1.82) is 0 Å². The summed E-state index contributed by atoms with van der Waals surface area (Å²) < 4.78 is 7.23. The van der Waals surface area contributed by atoms with E-state index in [0.717, 1.165) is 24.1 Å². The number of ketones is 1. The molecule has 0 radical (unpaired) electrons. The summed E-state index contributed by atoms with van der Waals surface area (Å²) in [5.74, 6) is 0.640. The van der Waals surface area contributed by atoms with Gasteiger partial charge in [-0.2, -0.15) is 0 Å². The Hall–Kier alpha value is -1.42. The van der Waals surface area contributed by atoms with E-state index in [4.69, 9.17) is 4.74 Å². The highest BCUT2D eigenvalue weighted by atomic mass is 16.5. The average molecular weight is 263 g/mol. The van der Waals surface area contributed by atoms with Crippen LogP contribution < -0.4 is 5.56 Å². The predicted molar refractivity (Wildman–Crippen MR) is 73.6 cm³/mol. The summed E-state index contributed by atoms with van der Waals surface area (Å²) in [6.45, 7) is 5.93. The van der Waals surface area contributed by atoms with Crippen molar-refractivity contribution in [1.82, 2.24) is 4.57 Å². The molecule has 0 aromatic carbocycles. The first-order chi connectivity index (χ1) is 9.09. The van der Waals surface area contributed by atoms with Crippen molar-refractivity contribution in [2.24, 2.45) is 5.92 Å². The molecule has 1 aliphatic rings. The molecule has 104 valence electrons. The zero-order valence-corrected chi connectivity index (χ0v) is 11.6. The van der Waals surface area contributed by atoms with Gasteiger partial charge in [0.2, 0.25) is 0 Å². The number of pyridine rings is 1. The summed E-state index contributed by atoms with van der Waals surface area (Å²) >= 11 is 0. The number of aromatic nitrogens is 1. The molecule has 0 saturated heterocycles. The van der Waals surface area contributed by atoms with E-state index in [1.165, 1.54) is 6.07 Å². The Balaban J connectivity index is 2.13. The second-order valence-electron chi connectivity index (χ2n) is 5.43. The lowest BCUT2D eigenvalue weighted by Gasteiger charge is -2.20. The van der Waals surface area contributed by atoms with E-state index in [2.05, 4.69) is 13.8 Å². The van der Waals surface area contributed by atoms with Crippen molar-refractivity contribution in [3.05, 3.63) is 33.7 Å². The van der Waals surface area contributed by atoms with E-state index in [9.17, 15) is 9.59 Å². The Morgan fingerprint density at radius 3 is 2.79 bits per heavy atom. The van der Waals surface area contributed by atoms with Crippen LogP contribution in [0.4, 0.5) is 0 Å². The molecule has 4 nitrogen and oxygen atoms in total. The zero-order valence-electron chi connectivity index (χ0n) is 11.6. The minimum absolute atomic E-state index is 0.0402. The molecular weight excluding hydrogens is 242 g/mol. The highest BCUT2D eigenvalue weighted by Crippen LogP contribution is 2.19. The monoisotopic (exact) mass is 263 g/mol. The minimum Gasteiger partial charge on any atom is -0.379 e. The van der Waals surface area contributed by atoms with E-state index in [0.29, 0.717) is 32.1 Å². The van der Waals surface area contributed by atoms with Crippen LogP contribution in [0.25, 0.3) is 0 Å². The number of carbonyl (C=O) groups excluding carboxylic acids is 1. The lowest BCUT2D eigenvalue weighted by atomic mass is 9.94. The SMILES string of the molecule is CC(C)COCCn1c2c(ccc1=O)C(=O)CCC2. The largest absolute Gasteiger partial charge is 0.379 e. The van der Waals surface area contributed by atoms with Crippen LogP contribution in [-0.4, -0.2) is 23.6 Å². The number of rotatable bonds is 5. The van der Waals surface area contributed by atoms with Crippen LogP contribution >= 0.6 is 0 Å². The first-order valence-corrected chi connectivity index (χ1v) is 6.93. The fraction of sp³-hybridized carbons (Fsp3) is 0.600. The van der Waals surface area contributed by atoms with E-state index < -0.39 is 0 Å². The quantitative estimate of drug-likeness (QED) is 0.764. The third-order valence-corrected chi connectivity index (χ3v) is 3.32. The highest BCUT2D eigenvalue weighted by Gasteiger charge is 2.20. The molecule has 2 rings (SSSR count). The summed E-state index contributed by atoms with van der Waals surface area (Å²) in [6.07, 6.45) is 2.23. The van der Waals surface area contributed by atoms with Gasteiger partial charge in [-0.3, -0.25) is 9.59 Å². The van der Waals surface area contributed by atoms with Crippen LogP contribution in [0.2, 0.25) is 0 Å². The van der Waals surface area contributed by atoms with Crippen molar-refractivity contribution >= 4 is 5.78 Å². The van der Waals surface area contributed by atoms with Crippen LogP contribution in [0.5, 0.6) is 0 Å². The second kappa shape index (κ2) is 6.15. The van der Waals surface area contributed by atoms with Gasteiger partial charge in [-0.1, -0.05) is 13.8 Å². The van der Waals surface area contributed by atoms with Crippen LogP contribution in [0, 0.1) is 5.92 Å². The van der Waals surface area contributed by atoms with Gasteiger partial charge in [-0.15, -0.1) is 0 Å². The van der Waals surface area contributed by atoms with Crippen molar-refractivity contribution in [3.63, 3.8) is 0 Å². The van der Waals surface area contributed by atoms with Crippen LogP contribution in [-0.2, 0) is 17.7 Å². The second-order valence-corrected chi connectivity index (χ2v) is 5.43. The summed E-state index contributed by atoms with van der Waals surface area (Å²) in [5.41, 5.74) is 1.56. The number of carbonyl (C=O) groups is 1. The molecular formula is C15H21NO3. The number of nitrogens with zero attached hydrogens (tertiary/aromatic N) is 1. The molecule has 0 amide bonds. The predicted octanol–water partition coefficient (Wildman–Crippen LogP) is 2.04. The van der Waals surface area contributed by atoms with Gasteiger partial charge in [0.05, 0.1) is 6.61 Å². The number of hydrogen-bond donors (Lipinski definition) is 0. The summed E-state index contributed by atoms with van der Waals surface area (Å²) in [4.78, 5) is 23.7. The molecule has 4 heteroatoms. The third kappa shape index (κ3) is 3.32. The average Bonchev–Trinajstić information content (AvgIpc) is 2.36. The molecule has 0 saturated carbocycles. The fourth-order valence-corrected chi connectivity index (χ4v) is 2.41. The molecule has 1 aromatic heterocycles. The number of hydrogen-bond acceptors (Lipinski definition) is 3. The van der Waals surface area contributed by atoms with Gasteiger partial charge in [-0.25, -0.2) is 0 Å². The van der Waals surface area contributed by atoms with Gasteiger partial charge in [0.15, 0.2) is 5.78 Å². The Morgan fingerprint density at radius 1 is 1.26 bits per heavy atom. The van der Waals surface area contributed by atoms with E-state index in [-0.39, 0.29) is 11.3 Å². The van der Waals surface area contributed by atoms with Crippen molar-refractivity contribution in [2.75, 3.05) is 13.2 Å². The van der Waals surface area contributed by atoms with Crippen LogP contribution in [0.1, 0.15) is 42.7 Å². The van der Waals surface area contributed by atoms with Crippen molar-refractivity contribution in [3.8, 4) is 0 Å². The molecule has 0 N–H and O–H groups in total. The summed E-state index contributed by atoms with van der Waals surface area (Å²) in [5, 5.41) is 0. The van der Waals surface area contributed by atoms with Crippen LogP contribution in [0.15, 0.2) is 16.9 Å². The first kappa shape index (κ1) is 14.0. The standard InChI is InChI=1S/C15H21NO3/c1-11(2)10-19-9-8-16-13-4-3-5-14(17)12(13)6-7-15(16)18/h6-7,11H,3-5,8-10H2,1-2H3. The lowest BCUT2D eigenvalue weighted by molar-refractivity contribution is 0.0958. The van der Waals surface area contributed by atoms with E-state index in [1.807, 2.05) is 0 Å². The molecule has 1 aromatic rings. The molecule has 0 fully saturated rings. The first-order valence-electron chi connectivity index (χ1n) is 6.93. The summed E-state index contributed by atoms with van der Waals surface area (Å²) in [6, 6.07) is 3.16. The fourth-order valence-electron chi connectivity index (χ4n) is 2.41. The molecule has 0 aliphatic heterocycles. The van der Waals surface area contributed by atoms with Crippen molar-refractivity contribution in [2.45, 2.75) is 39.7 Å². The molecule has 0 unspecified atom stereocenters. The molecule has 1 aliphatic carbocycles. The maximum absolute atomic E-state index is 11.9. The molecule has 0 spiro atoms. The normalized spacial score (nSPS) is 14.8. The van der Waals surface area contributed by atoms with E-state index >= 15 is 0 Å². The maximum Gasteiger partial charge on any atom is 0.250 e. The third-order valence-electron chi connectivity index (χ3n) is 3.32. The van der Waals surface area contributed by atoms with Gasteiger partial charge < -0.3 is 9.30 Å². The summed E-state index contributed by atoms with van der Waals surface area (Å²) in [7, 11) is 0. The van der Waals surface area contributed by atoms with Gasteiger partial charge in [0.25, 0.3) is 5.56 Å². The van der Waals surface area contributed by atoms with Gasteiger partial charge in [-0.05, 0) is 24.8 Å². The van der Waals surface area contributed by atoms with Gasteiger partial charge in [0.1, 0.15) is 0 Å². The number of fused-ring (bicyclic) bond motifs is 1. The van der Waals surface area contributed by atoms with Gasteiger partial charge in [0, 0.05) is 36.9 Å². The Labute approximate surface area is 113 Å². The number of ether oxygens (including phenoxy) is 1. The molecule has 1 heterocycles. The maximum atomic E-state index is 11.9.